The Labute approximate surface area is 109 Å². The largest absolute Gasteiger partial charge is 0.399 e. The van der Waals surface area contributed by atoms with Gasteiger partial charge in [-0.25, -0.2) is 4.98 Å². The highest BCUT2D eigenvalue weighted by molar-refractivity contribution is 6.08. The molecular weight excluding hydrogens is 238 g/mol. The summed E-state index contributed by atoms with van der Waals surface area (Å²) in [6.45, 7) is 0. The van der Waals surface area contributed by atoms with E-state index < -0.39 is 0 Å². The van der Waals surface area contributed by atoms with Gasteiger partial charge in [-0.05, 0) is 36.4 Å². The van der Waals surface area contributed by atoms with Gasteiger partial charge in [0.15, 0.2) is 0 Å². The molecule has 3 aromatic rings. The highest BCUT2D eigenvalue weighted by atomic mass is 16.1. The maximum atomic E-state index is 12.3. The molecule has 0 aliphatic heterocycles. The van der Waals surface area contributed by atoms with Crippen molar-refractivity contribution in [3.05, 3.63) is 66.0 Å². The molecule has 0 amide bonds. The molecule has 3 rings (SSSR count). The first-order valence-corrected chi connectivity index (χ1v) is 5.86. The zero-order valence-electron chi connectivity index (χ0n) is 10.1. The predicted molar refractivity (Wildman–Crippen MR) is 73.8 cm³/mol. The van der Waals surface area contributed by atoms with Crippen molar-refractivity contribution in [1.29, 1.82) is 0 Å². The monoisotopic (exact) mass is 249 g/mol. The van der Waals surface area contributed by atoms with E-state index in [4.69, 9.17) is 5.73 Å². The van der Waals surface area contributed by atoms with E-state index in [9.17, 15) is 4.79 Å². The number of fused-ring (bicyclic) bond motifs is 1. The number of rotatable bonds is 2. The molecule has 0 saturated carbocycles. The van der Waals surface area contributed by atoms with Gasteiger partial charge in [0, 0.05) is 11.3 Å². The third-order valence-corrected chi connectivity index (χ3v) is 2.85. The lowest BCUT2D eigenvalue weighted by molar-refractivity contribution is 0.103. The second-order valence-corrected chi connectivity index (χ2v) is 4.20. The number of carbonyl (C=O) groups excluding carboxylic acids is 1. The van der Waals surface area contributed by atoms with Crippen LogP contribution < -0.4 is 5.73 Å². The van der Waals surface area contributed by atoms with Crippen molar-refractivity contribution in [3.8, 4) is 0 Å². The van der Waals surface area contributed by atoms with Crippen molar-refractivity contribution < 1.29 is 4.79 Å². The molecule has 0 radical (unpaired) electrons. The molecule has 1 heterocycles. The molecule has 2 N–H and O–H groups in total. The van der Waals surface area contributed by atoms with Crippen LogP contribution in [0.4, 0.5) is 5.69 Å². The van der Waals surface area contributed by atoms with Gasteiger partial charge in [0.2, 0.25) is 5.78 Å². The Balaban J connectivity index is 2.04. The van der Waals surface area contributed by atoms with Crippen LogP contribution in [0.1, 0.15) is 16.1 Å². The lowest BCUT2D eigenvalue weighted by atomic mass is 10.1. The van der Waals surface area contributed by atoms with Crippen molar-refractivity contribution in [2.45, 2.75) is 0 Å². The second-order valence-electron chi connectivity index (χ2n) is 4.20. The number of nitrogens with zero attached hydrogens (tertiary/aromatic N) is 2. The summed E-state index contributed by atoms with van der Waals surface area (Å²) >= 11 is 0. The molecule has 1 aromatic heterocycles. The Morgan fingerprint density at radius 3 is 2.37 bits per heavy atom. The maximum absolute atomic E-state index is 12.3. The van der Waals surface area contributed by atoms with E-state index in [0.29, 0.717) is 22.5 Å². The van der Waals surface area contributed by atoms with Crippen LogP contribution >= 0.6 is 0 Å². The Kier molecular flexibility index (Phi) is 2.68. The third kappa shape index (κ3) is 2.15. The quantitative estimate of drug-likeness (QED) is 0.559. The molecule has 0 aliphatic rings. The lowest BCUT2D eigenvalue weighted by Crippen LogP contribution is -2.05. The number of hydrogen-bond donors (Lipinski definition) is 1. The van der Waals surface area contributed by atoms with Gasteiger partial charge in [-0.2, -0.15) is 0 Å². The Morgan fingerprint density at radius 2 is 1.63 bits per heavy atom. The van der Waals surface area contributed by atoms with Crippen LogP contribution in [-0.2, 0) is 0 Å². The SMILES string of the molecule is Nc1ccc(C(=O)c2cnc3ccccc3n2)cc1. The van der Waals surface area contributed by atoms with Gasteiger partial charge in [0.25, 0.3) is 0 Å². The summed E-state index contributed by atoms with van der Waals surface area (Å²) in [6, 6.07) is 14.2. The molecule has 0 spiro atoms. The molecule has 0 unspecified atom stereocenters. The van der Waals surface area contributed by atoms with E-state index in [2.05, 4.69) is 9.97 Å². The molecular formula is C15H11N3O. The zero-order valence-corrected chi connectivity index (χ0v) is 10.1. The van der Waals surface area contributed by atoms with Gasteiger partial charge in [0.1, 0.15) is 5.69 Å². The van der Waals surface area contributed by atoms with Gasteiger partial charge in [-0.1, -0.05) is 12.1 Å². The molecule has 2 aromatic carbocycles. The lowest BCUT2D eigenvalue weighted by Gasteiger charge is -2.02. The predicted octanol–water partition coefficient (Wildman–Crippen LogP) is 2.44. The molecule has 0 aliphatic carbocycles. The van der Waals surface area contributed by atoms with Crippen molar-refractivity contribution in [1.82, 2.24) is 9.97 Å². The standard InChI is InChI=1S/C15H11N3O/c16-11-7-5-10(6-8-11)15(19)14-9-17-12-3-1-2-4-13(12)18-14/h1-9H,16H2. The fourth-order valence-electron chi connectivity index (χ4n) is 1.85. The highest BCUT2D eigenvalue weighted by Gasteiger charge is 2.11. The van der Waals surface area contributed by atoms with Crippen LogP contribution in [0, 0.1) is 0 Å². The van der Waals surface area contributed by atoms with Crippen LogP contribution in [0.25, 0.3) is 11.0 Å². The molecule has 0 atom stereocenters. The maximum Gasteiger partial charge on any atom is 0.212 e. The summed E-state index contributed by atoms with van der Waals surface area (Å²) in [6.07, 6.45) is 1.50. The van der Waals surface area contributed by atoms with Gasteiger partial charge < -0.3 is 5.73 Å². The normalized spacial score (nSPS) is 10.5. The Bertz CT molecular complexity index is 751. The average Bonchev–Trinajstić information content (AvgIpc) is 2.47. The van der Waals surface area contributed by atoms with Gasteiger partial charge in [0.05, 0.1) is 17.2 Å². The van der Waals surface area contributed by atoms with Crippen LogP contribution in [0.3, 0.4) is 0 Å². The van der Waals surface area contributed by atoms with Gasteiger partial charge >= 0.3 is 0 Å². The number of ketones is 1. The number of carbonyl (C=O) groups is 1. The molecule has 0 bridgehead atoms. The van der Waals surface area contributed by atoms with E-state index in [-0.39, 0.29) is 5.78 Å². The molecule has 92 valence electrons. The summed E-state index contributed by atoms with van der Waals surface area (Å²) < 4.78 is 0. The minimum atomic E-state index is -0.154. The Hall–Kier alpha value is -2.75. The molecule has 0 fully saturated rings. The number of para-hydroxylation sites is 2. The molecule has 4 heteroatoms. The minimum Gasteiger partial charge on any atom is -0.399 e. The average molecular weight is 249 g/mol. The zero-order chi connectivity index (χ0) is 13.2. The first-order chi connectivity index (χ1) is 9.24. The van der Waals surface area contributed by atoms with Crippen LogP contribution in [0.5, 0.6) is 0 Å². The van der Waals surface area contributed by atoms with Crippen molar-refractivity contribution in [3.63, 3.8) is 0 Å². The first kappa shape index (κ1) is 11.3. The summed E-state index contributed by atoms with van der Waals surface area (Å²) in [5, 5.41) is 0. The van der Waals surface area contributed by atoms with Gasteiger partial charge in [-0.15, -0.1) is 0 Å². The summed E-state index contributed by atoms with van der Waals surface area (Å²) in [7, 11) is 0. The molecule has 19 heavy (non-hydrogen) atoms. The fourth-order valence-corrected chi connectivity index (χ4v) is 1.85. The second kappa shape index (κ2) is 4.49. The smallest absolute Gasteiger partial charge is 0.212 e. The number of hydrogen-bond acceptors (Lipinski definition) is 4. The van der Waals surface area contributed by atoms with Crippen molar-refractivity contribution in [2.24, 2.45) is 0 Å². The molecule has 0 saturated heterocycles. The van der Waals surface area contributed by atoms with Crippen LogP contribution in [-0.4, -0.2) is 15.8 Å². The van der Waals surface area contributed by atoms with E-state index in [1.807, 2.05) is 24.3 Å². The topological polar surface area (TPSA) is 68.9 Å². The van der Waals surface area contributed by atoms with Crippen molar-refractivity contribution in [2.75, 3.05) is 5.73 Å². The number of nitrogen functional groups attached to an aromatic ring is 1. The number of aromatic nitrogens is 2. The molecule has 4 nitrogen and oxygen atoms in total. The highest BCUT2D eigenvalue weighted by Crippen LogP contribution is 2.13. The summed E-state index contributed by atoms with van der Waals surface area (Å²) in [5.74, 6) is -0.154. The first-order valence-electron chi connectivity index (χ1n) is 5.86. The Morgan fingerprint density at radius 1 is 0.947 bits per heavy atom. The summed E-state index contributed by atoms with van der Waals surface area (Å²) in [4.78, 5) is 20.8. The van der Waals surface area contributed by atoms with Crippen LogP contribution in [0.2, 0.25) is 0 Å². The fraction of sp³-hybridized carbons (Fsp3) is 0. The number of anilines is 1. The summed E-state index contributed by atoms with van der Waals surface area (Å²) in [5.41, 5.74) is 8.60. The van der Waals surface area contributed by atoms with Crippen LogP contribution in [0.15, 0.2) is 54.7 Å². The van der Waals surface area contributed by atoms with E-state index >= 15 is 0 Å². The van der Waals surface area contributed by atoms with E-state index in [1.165, 1.54) is 6.20 Å². The third-order valence-electron chi connectivity index (χ3n) is 2.85. The van der Waals surface area contributed by atoms with E-state index in [0.717, 1.165) is 5.52 Å². The van der Waals surface area contributed by atoms with Crippen molar-refractivity contribution >= 4 is 22.5 Å². The number of benzene rings is 2. The van der Waals surface area contributed by atoms with E-state index in [1.54, 1.807) is 24.3 Å². The number of nitrogens with two attached hydrogens (primary N) is 1. The van der Waals surface area contributed by atoms with Gasteiger partial charge in [-0.3, -0.25) is 9.78 Å². The minimum absolute atomic E-state index is 0.154.